The van der Waals surface area contributed by atoms with Crippen molar-refractivity contribution in [1.29, 1.82) is 0 Å². The molecular weight excluding hydrogens is 269 g/mol. The maximum absolute atomic E-state index is 13.0. The zero-order valence-corrected chi connectivity index (χ0v) is 11.1. The van der Waals surface area contributed by atoms with Crippen molar-refractivity contribution in [2.45, 2.75) is 13.3 Å². The molecule has 0 fully saturated rings. The summed E-state index contributed by atoms with van der Waals surface area (Å²) >= 11 is 5.68. The largest absolute Gasteiger partial charge is 0.437 e. The molecule has 1 aromatic carbocycles. The van der Waals surface area contributed by atoms with E-state index in [-0.39, 0.29) is 5.02 Å². The highest BCUT2D eigenvalue weighted by molar-refractivity contribution is 6.30. The van der Waals surface area contributed by atoms with Gasteiger partial charge in [0.1, 0.15) is 17.4 Å². The Kier molecular flexibility index (Phi) is 4.52. The van der Waals surface area contributed by atoms with Gasteiger partial charge in [0.15, 0.2) is 0 Å². The summed E-state index contributed by atoms with van der Waals surface area (Å²) in [5, 5.41) is 3.11. The molecule has 1 N–H and O–H groups in total. The number of hydrogen-bond acceptors (Lipinski definition) is 4. The van der Waals surface area contributed by atoms with Crippen LogP contribution in [-0.2, 0) is 0 Å². The number of aromatic nitrogens is 2. The average Bonchev–Trinajstić information content (AvgIpc) is 2.41. The van der Waals surface area contributed by atoms with Gasteiger partial charge in [0.2, 0.25) is 5.88 Å². The zero-order chi connectivity index (χ0) is 13.7. The van der Waals surface area contributed by atoms with Crippen LogP contribution >= 0.6 is 11.6 Å². The molecule has 0 amide bonds. The summed E-state index contributed by atoms with van der Waals surface area (Å²) < 4.78 is 18.5. The standard InChI is InChI=1S/C13H13ClFN3O/c1-2-5-17-12-7-16-8-13(18-12)19-9-3-4-11(15)10(14)6-9/h3-4,6-8H,2,5H2,1H3,(H,17,18). The Balaban J connectivity index is 2.11. The van der Waals surface area contributed by atoms with E-state index in [9.17, 15) is 4.39 Å². The van der Waals surface area contributed by atoms with Gasteiger partial charge in [0.05, 0.1) is 17.4 Å². The van der Waals surface area contributed by atoms with Crippen molar-refractivity contribution in [1.82, 2.24) is 9.97 Å². The molecule has 1 heterocycles. The highest BCUT2D eigenvalue weighted by Gasteiger charge is 2.05. The van der Waals surface area contributed by atoms with Gasteiger partial charge in [0, 0.05) is 12.6 Å². The van der Waals surface area contributed by atoms with Crippen molar-refractivity contribution in [2.24, 2.45) is 0 Å². The molecule has 6 heteroatoms. The normalized spacial score (nSPS) is 10.3. The van der Waals surface area contributed by atoms with Crippen molar-refractivity contribution >= 4 is 17.4 Å². The lowest BCUT2D eigenvalue weighted by Gasteiger charge is -2.07. The fraction of sp³-hybridized carbons (Fsp3) is 0.231. The first-order chi connectivity index (χ1) is 9.19. The highest BCUT2D eigenvalue weighted by atomic mass is 35.5. The molecule has 19 heavy (non-hydrogen) atoms. The number of ether oxygens (including phenoxy) is 1. The van der Waals surface area contributed by atoms with Gasteiger partial charge in [-0.15, -0.1) is 0 Å². The fourth-order valence-corrected chi connectivity index (χ4v) is 1.57. The summed E-state index contributed by atoms with van der Waals surface area (Å²) in [6.07, 6.45) is 4.08. The number of halogens is 2. The van der Waals surface area contributed by atoms with Gasteiger partial charge in [-0.25, -0.2) is 4.39 Å². The van der Waals surface area contributed by atoms with E-state index in [1.165, 1.54) is 24.4 Å². The Bertz CT molecular complexity index is 565. The third kappa shape index (κ3) is 3.79. The smallest absolute Gasteiger partial charge is 0.239 e. The molecule has 0 unspecified atom stereocenters. The summed E-state index contributed by atoms with van der Waals surface area (Å²) in [5.41, 5.74) is 0. The number of rotatable bonds is 5. The molecule has 1 aromatic heterocycles. The molecule has 0 aliphatic heterocycles. The highest BCUT2D eigenvalue weighted by Crippen LogP contribution is 2.25. The first kappa shape index (κ1) is 13.5. The van der Waals surface area contributed by atoms with E-state index in [1.807, 2.05) is 0 Å². The average molecular weight is 282 g/mol. The second kappa shape index (κ2) is 6.33. The maximum Gasteiger partial charge on any atom is 0.239 e. The number of anilines is 1. The number of benzene rings is 1. The number of nitrogens with one attached hydrogen (secondary N) is 1. The van der Waals surface area contributed by atoms with Crippen LogP contribution < -0.4 is 10.1 Å². The first-order valence-electron chi connectivity index (χ1n) is 5.88. The lowest BCUT2D eigenvalue weighted by molar-refractivity contribution is 0.459. The molecular formula is C13H13ClFN3O. The Hall–Kier alpha value is -1.88. The molecule has 4 nitrogen and oxygen atoms in total. The SMILES string of the molecule is CCCNc1cncc(Oc2ccc(F)c(Cl)c2)n1. The van der Waals surface area contributed by atoms with Gasteiger partial charge in [-0.05, 0) is 18.6 Å². The Morgan fingerprint density at radius 3 is 2.95 bits per heavy atom. The summed E-state index contributed by atoms with van der Waals surface area (Å²) in [6, 6.07) is 4.12. The van der Waals surface area contributed by atoms with Crippen LogP contribution in [0.5, 0.6) is 11.6 Å². The molecule has 0 aliphatic carbocycles. The minimum Gasteiger partial charge on any atom is -0.437 e. The molecule has 0 aliphatic rings. The quantitative estimate of drug-likeness (QED) is 0.903. The van der Waals surface area contributed by atoms with Gasteiger partial charge in [-0.3, -0.25) is 4.98 Å². The summed E-state index contributed by atoms with van der Waals surface area (Å²) in [7, 11) is 0. The van der Waals surface area contributed by atoms with Crippen LogP contribution in [0.2, 0.25) is 5.02 Å². The van der Waals surface area contributed by atoms with E-state index in [1.54, 1.807) is 6.20 Å². The van der Waals surface area contributed by atoms with E-state index < -0.39 is 5.82 Å². The van der Waals surface area contributed by atoms with Crippen LogP contribution in [0.15, 0.2) is 30.6 Å². The van der Waals surface area contributed by atoms with Gasteiger partial charge < -0.3 is 10.1 Å². The van der Waals surface area contributed by atoms with Crippen molar-refractivity contribution in [3.63, 3.8) is 0 Å². The molecule has 2 aromatic rings. The molecule has 0 atom stereocenters. The van der Waals surface area contributed by atoms with E-state index in [2.05, 4.69) is 22.2 Å². The van der Waals surface area contributed by atoms with Gasteiger partial charge in [-0.1, -0.05) is 18.5 Å². The number of hydrogen-bond donors (Lipinski definition) is 1. The van der Waals surface area contributed by atoms with Crippen LogP contribution in [0.25, 0.3) is 0 Å². The van der Waals surface area contributed by atoms with Crippen LogP contribution in [-0.4, -0.2) is 16.5 Å². The maximum atomic E-state index is 13.0. The monoisotopic (exact) mass is 281 g/mol. The van der Waals surface area contributed by atoms with Crippen molar-refractivity contribution in [3.05, 3.63) is 41.4 Å². The van der Waals surface area contributed by atoms with E-state index in [4.69, 9.17) is 16.3 Å². The van der Waals surface area contributed by atoms with Crippen LogP contribution in [0, 0.1) is 5.82 Å². The van der Waals surface area contributed by atoms with Gasteiger partial charge in [-0.2, -0.15) is 4.98 Å². The topological polar surface area (TPSA) is 47.0 Å². The van der Waals surface area contributed by atoms with Crippen molar-refractivity contribution in [3.8, 4) is 11.6 Å². The summed E-state index contributed by atoms with van der Waals surface area (Å²) in [4.78, 5) is 8.24. The molecule has 0 saturated carbocycles. The Morgan fingerprint density at radius 2 is 2.21 bits per heavy atom. The van der Waals surface area contributed by atoms with Crippen LogP contribution in [0.4, 0.5) is 10.2 Å². The molecule has 0 saturated heterocycles. The summed E-state index contributed by atoms with van der Waals surface area (Å²) in [5.74, 6) is 0.878. The lowest BCUT2D eigenvalue weighted by Crippen LogP contribution is -2.03. The van der Waals surface area contributed by atoms with E-state index >= 15 is 0 Å². The molecule has 0 radical (unpaired) electrons. The Labute approximate surface area is 115 Å². The second-order valence-corrected chi connectivity index (χ2v) is 4.25. The minimum absolute atomic E-state index is 0.00530. The minimum atomic E-state index is -0.488. The van der Waals surface area contributed by atoms with Gasteiger partial charge >= 0.3 is 0 Å². The summed E-state index contributed by atoms with van der Waals surface area (Å²) in [6.45, 7) is 2.86. The fourth-order valence-electron chi connectivity index (χ4n) is 1.40. The lowest BCUT2D eigenvalue weighted by atomic mass is 10.3. The predicted molar refractivity (Wildman–Crippen MR) is 72.3 cm³/mol. The first-order valence-corrected chi connectivity index (χ1v) is 6.25. The second-order valence-electron chi connectivity index (χ2n) is 3.85. The van der Waals surface area contributed by atoms with Crippen molar-refractivity contribution < 1.29 is 9.13 Å². The van der Waals surface area contributed by atoms with Crippen molar-refractivity contribution in [2.75, 3.05) is 11.9 Å². The number of nitrogens with zero attached hydrogens (tertiary/aromatic N) is 2. The molecule has 100 valence electrons. The third-order valence-electron chi connectivity index (χ3n) is 2.28. The third-order valence-corrected chi connectivity index (χ3v) is 2.57. The van der Waals surface area contributed by atoms with E-state index in [0.29, 0.717) is 17.4 Å². The molecule has 2 rings (SSSR count). The Morgan fingerprint density at radius 1 is 1.37 bits per heavy atom. The van der Waals surface area contributed by atoms with Crippen LogP contribution in [0.1, 0.15) is 13.3 Å². The predicted octanol–water partition coefficient (Wildman–Crippen LogP) is 3.88. The zero-order valence-electron chi connectivity index (χ0n) is 10.4. The van der Waals surface area contributed by atoms with Crippen LogP contribution in [0.3, 0.4) is 0 Å². The molecule has 0 spiro atoms. The molecule has 0 bridgehead atoms. The van der Waals surface area contributed by atoms with E-state index in [0.717, 1.165) is 13.0 Å². The van der Waals surface area contributed by atoms with Gasteiger partial charge in [0.25, 0.3) is 0 Å².